The summed E-state index contributed by atoms with van der Waals surface area (Å²) in [6.07, 6.45) is 32.3. The van der Waals surface area contributed by atoms with Crippen molar-refractivity contribution in [1.29, 1.82) is 0 Å². The first kappa shape index (κ1) is 47.5. The predicted octanol–water partition coefficient (Wildman–Crippen LogP) is 10.4. The van der Waals surface area contributed by atoms with E-state index in [1.807, 2.05) is 21.1 Å². The van der Waals surface area contributed by atoms with E-state index in [1.165, 1.54) is 70.6 Å². The zero-order valence-corrected chi connectivity index (χ0v) is 33.1. The highest BCUT2D eigenvalue weighted by Gasteiger charge is 2.27. The maximum absolute atomic E-state index is 12.5. The molecule has 1 N–H and O–H groups in total. The zero-order chi connectivity index (χ0) is 36.5. The second-order valence-corrected chi connectivity index (χ2v) is 15.8. The monoisotopic (exact) mass is 717 g/mol. The predicted molar refractivity (Wildman–Crippen MR) is 201 cm³/mol. The highest BCUT2D eigenvalue weighted by atomic mass is 31.2. The summed E-state index contributed by atoms with van der Waals surface area (Å²) in [7, 11) is 1.47. The number of quaternary nitrogens is 1. The van der Waals surface area contributed by atoms with Crippen molar-refractivity contribution in [1.82, 2.24) is 0 Å². The average molecular weight is 717 g/mol. The number of carbonyl (C=O) groups is 2. The van der Waals surface area contributed by atoms with E-state index in [1.54, 1.807) is 0 Å². The smallest absolute Gasteiger partial charge is 0.462 e. The van der Waals surface area contributed by atoms with Gasteiger partial charge in [0.25, 0.3) is 0 Å². The Bertz CT molecular complexity index is 902. The Kier molecular flexibility index (Phi) is 31.4. The van der Waals surface area contributed by atoms with Crippen LogP contribution in [0.15, 0.2) is 24.3 Å². The molecule has 10 heteroatoms. The summed E-state index contributed by atoms with van der Waals surface area (Å²) >= 11 is 0. The van der Waals surface area contributed by atoms with Crippen molar-refractivity contribution < 1.29 is 42.1 Å². The van der Waals surface area contributed by atoms with Gasteiger partial charge < -0.3 is 18.9 Å². The fraction of sp³-hybridized carbons (Fsp3) is 0.846. The highest BCUT2D eigenvalue weighted by Crippen LogP contribution is 2.43. The van der Waals surface area contributed by atoms with Gasteiger partial charge in [0.1, 0.15) is 19.8 Å². The fourth-order valence-corrected chi connectivity index (χ4v) is 5.84. The Morgan fingerprint density at radius 1 is 0.633 bits per heavy atom. The molecule has 0 aromatic carbocycles. The van der Waals surface area contributed by atoms with Gasteiger partial charge in [0, 0.05) is 12.8 Å². The number of nitrogens with zero attached hydrogens (tertiary/aromatic N) is 1. The van der Waals surface area contributed by atoms with Crippen LogP contribution in [0.2, 0.25) is 0 Å². The van der Waals surface area contributed by atoms with Crippen molar-refractivity contribution in [3.05, 3.63) is 24.3 Å². The van der Waals surface area contributed by atoms with Crippen LogP contribution < -0.4 is 0 Å². The maximum Gasteiger partial charge on any atom is 0.472 e. The molecular weight excluding hydrogens is 641 g/mol. The number of ether oxygens (including phenoxy) is 2. The molecule has 49 heavy (non-hydrogen) atoms. The first-order valence-electron chi connectivity index (χ1n) is 19.6. The molecule has 0 spiro atoms. The third-order valence-electron chi connectivity index (χ3n) is 8.23. The van der Waals surface area contributed by atoms with Crippen molar-refractivity contribution in [3.8, 4) is 0 Å². The second kappa shape index (κ2) is 32.4. The van der Waals surface area contributed by atoms with Crippen LogP contribution in [0.5, 0.6) is 0 Å². The lowest BCUT2D eigenvalue weighted by atomic mass is 10.1. The largest absolute Gasteiger partial charge is 0.472 e. The van der Waals surface area contributed by atoms with Gasteiger partial charge in [0.05, 0.1) is 27.7 Å². The number of hydrogen-bond donors (Lipinski definition) is 1. The minimum atomic E-state index is -4.36. The van der Waals surface area contributed by atoms with Gasteiger partial charge >= 0.3 is 19.8 Å². The SMILES string of the molecule is CCCCC/C=C/C/C=C/CCCCCCCCCC(=O)OC[C@@H](COP(=O)(O)OCC[N+](C)(C)C)OC(=O)CCCCCCCCCC. The normalized spacial score (nSPS) is 14.0. The summed E-state index contributed by atoms with van der Waals surface area (Å²) in [5.74, 6) is -0.811. The third kappa shape index (κ3) is 36.1. The van der Waals surface area contributed by atoms with E-state index >= 15 is 0 Å². The number of hydrogen-bond acceptors (Lipinski definition) is 7. The molecule has 0 aliphatic carbocycles. The number of phosphoric ester groups is 1. The molecule has 9 nitrogen and oxygen atoms in total. The summed E-state index contributed by atoms with van der Waals surface area (Å²) in [6.45, 7) is 4.34. The van der Waals surface area contributed by atoms with Crippen LogP contribution in [-0.2, 0) is 32.7 Å². The Labute approximate surface area is 300 Å². The summed E-state index contributed by atoms with van der Waals surface area (Å²) < 4.78 is 34.1. The standard InChI is InChI=1S/C39H74NO8P/c1-6-8-10-12-14-16-17-18-19-20-21-22-23-24-26-27-29-31-38(41)45-35-37(36-47-49(43,44)46-34-33-40(3,4)5)48-39(42)32-30-28-25-15-13-11-9-7-2/h14,16,18-19,37H,6-13,15,17,20-36H2,1-5H3/p+1/b16-14+,19-18+/t37-/m0/s1. The topological polar surface area (TPSA) is 108 Å². The molecule has 1 unspecified atom stereocenters. The molecule has 0 amide bonds. The van der Waals surface area contributed by atoms with Crippen molar-refractivity contribution in [2.45, 2.75) is 168 Å². The van der Waals surface area contributed by atoms with Crippen LogP contribution in [0.4, 0.5) is 0 Å². The molecule has 0 rings (SSSR count). The van der Waals surface area contributed by atoms with Gasteiger partial charge in [0.15, 0.2) is 6.10 Å². The quantitative estimate of drug-likeness (QED) is 0.0227. The first-order chi connectivity index (χ1) is 23.5. The number of likely N-dealkylation sites (N-methyl/N-ethyl adjacent to an activating group) is 1. The molecule has 0 aromatic heterocycles. The molecule has 0 aliphatic heterocycles. The second-order valence-electron chi connectivity index (χ2n) is 14.3. The molecule has 0 aliphatic rings. The molecule has 0 fully saturated rings. The minimum absolute atomic E-state index is 0.0316. The molecule has 288 valence electrons. The van der Waals surface area contributed by atoms with E-state index in [2.05, 4.69) is 38.2 Å². The van der Waals surface area contributed by atoms with Gasteiger partial charge in [-0.1, -0.05) is 128 Å². The van der Waals surface area contributed by atoms with Crippen molar-refractivity contribution in [2.75, 3.05) is 47.5 Å². The third-order valence-corrected chi connectivity index (χ3v) is 9.22. The lowest BCUT2D eigenvalue weighted by Crippen LogP contribution is -2.37. The number of allylic oxidation sites excluding steroid dienone is 4. The van der Waals surface area contributed by atoms with Crippen molar-refractivity contribution in [3.63, 3.8) is 0 Å². The summed E-state index contributed by atoms with van der Waals surface area (Å²) in [5, 5.41) is 0. The molecule has 0 bridgehead atoms. The first-order valence-corrected chi connectivity index (χ1v) is 21.1. The number of carbonyl (C=O) groups excluding carboxylic acids is 2. The lowest BCUT2D eigenvalue weighted by Gasteiger charge is -2.24. The highest BCUT2D eigenvalue weighted by molar-refractivity contribution is 7.47. The van der Waals surface area contributed by atoms with Crippen LogP contribution in [0, 0.1) is 0 Å². The zero-order valence-electron chi connectivity index (χ0n) is 32.2. The van der Waals surface area contributed by atoms with Crippen LogP contribution in [0.3, 0.4) is 0 Å². The van der Waals surface area contributed by atoms with Gasteiger partial charge in [-0.15, -0.1) is 0 Å². The lowest BCUT2D eigenvalue weighted by molar-refractivity contribution is -0.870. The molecule has 2 atom stereocenters. The van der Waals surface area contributed by atoms with E-state index in [4.69, 9.17) is 18.5 Å². The van der Waals surface area contributed by atoms with Crippen molar-refractivity contribution >= 4 is 19.8 Å². The number of phosphoric acid groups is 1. The maximum atomic E-state index is 12.5. The molecule has 0 saturated carbocycles. The van der Waals surface area contributed by atoms with Crippen LogP contribution >= 0.6 is 7.82 Å². The van der Waals surface area contributed by atoms with E-state index in [-0.39, 0.29) is 32.0 Å². The van der Waals surface area contributed by atoms with Gasteiger partial charge in [-0.3, -0.25) is 18.6 Å². The van der Waals surface area contributed by atoms with Gasteiger partial charge in [-0.05, 0) is 44.9 Å². The molecule has 0 radical (unpaired) electrons. The van der Waals surface area contributed by atoms with Crippen LogP contribution in [-0.4, -0.2) is 74.9 Å². The van der Waals surface area contributed by atoms with E-state index in [9.17, 15) is 19.0 Å². The molecule has 0 aromatic rings. The summed E-state index contributed by atoms with van der Waals surface area (Å²) in [4.78, 5) is 35.1. The van der Waals surface area contributed by atoms with Crippen molar-refractivity contribution in [2.24, 2.45) is 0 Å². The number of esters is 2. The van der Waals surface area contributed by atoms with Gasteiger partial charge in [-0.25, -0.2) is 4.57 Å². The van der Waals surface area contributed by atoms with E-state index in [0.29, 0.717) is 17.4 Å². The number of rotatable bonds is 35. The molecular formula is C39H75NO8P+. The number of unbranched alkanes of at least 4 members (excludes halogenated alkanes) is 17. The fourth-order valence-electron chi connectivity index (χ4n) is 5.10. The minimum Gasteiger partial charge on any atom is -0.462 e. The molecule has 0 heterocycles. The Hall–Kier alpha value is -1.51. The van der Waals surface area contributed by atoms with Crippen LogP contribution in [0.1, 0.15) is 162 Å². The van der Waals surface area contributed by atoms with Gasteiger partial charge in [0.2, 0.25) is 0 Å². The van der Waals surface area contributed by atoms with Crippen LogP contribution in [0.25, 0.3) is 0 Å². The van der Waals surface area contributed by atoms with E-state index < -0.39 is 26.5 Å². The average Bonchev–Trinajstić information content (AvgIpc) is 3.04. The Morgan fingerprint density at radius 3 is 1.65 bits per heavy atom. The molecule has 0 saturated heterocycles. The summed E-state index contributed by atoms with van der Waals surface area (Å²) in [5.41, 5.74) is 0. The Morgan fingerprint density at radius 2 is 1.10 bits per heavy atom. The Balaban J connectivity index is 4.34. The van der Waals surface area contributed by atoms with E-state index in [0.717, 1.165) is 57.8 Å². The summed E-state index contributed by atoms with van der Waals surface area (Å²) in [6, 6.07) is 0. The van der Waals surface area contributed by atoms with Gasteiger partial charge in [-0.2, -0.15) is 0 Å².